The number of rotatable bonds is 3. The summed E-state index contributed by atoms with van der Waals surface area (Å²) in [5, 5.41) is 19.1. The lowest BCUT2D eigenvalue weighted by atomic mass is 9.80. The van der Waals surface area contributed by atoms with Gasteiger partial charge in [-0.15, -0.1) is 0 Å². The fraction of sp³-hybridized carbons (Fsp3) is 0. The lowest BCUT2D eigenvalue weighted by molar-refractivity contribution is -0.384. The highest BCUT2D eigenvalue weighted by molar-refractivity contribution is 6.59. The molecule has 1 rings (SSSR count). The smallest absolute Gasteiger partial charge is 0.421 e. The molecule has 0 aliphatic carbocycles. The molecule has 1 N–H and O–H groups in total. The van der Waals surface area contributed by atoms with Crippen molar-refractivity contribution in [2.24, 2.45) is 0 Å². The Morgan fingerprint density at radius 1 is 1.62 bits per heavy atom. The van der Waals surface area contributed by atoms with Crippen LogP contribution in [-0.4, -0.2) is 17.1 Å². The van der Waals surface area contributed by atoms with E-state index >= 15 is 0 Å². The zero-order valence-corrected chi connectivity index (χ0v) is 6.38. The van der Waals surface area contributed by atoms with Crippen molar-refractivity contribution in [3.05, 3.63) is 34.4 Å². The zero-order valence-electron chi connectivity index (χ0n) is 6.38. The van der Waals surface area contributed by atoms with E-state index in [0.29, 0.717) is 0 Å². The Morgan fingerprint density at radius 3 is 2.85 bits per heavy atom. The predicted octanol–water partition coefficient (Wildman–Crippen LogP) is 0.183. The number of benzene rings is 1. The summed E-state index contributed by atoms with van der Waals surface area (Å²) in [4.78, 5) is 12.7. The van der Waals surface area contributed by atoms with Gasteiger partial charge < -0.3 is 5.02 Å². The van der Waals surface area contributed by atoms with E-state index in [9.17, 15) is 14.6 Å². The van der Waals surface area contributed by atoms with Gasteiger partial charge in [-0.05, 0) is 5.46 Å². The van der Waals surface area contributed by atoms with Crippen LogP contribution in [0.1, 0.15) is 0 Å². The molecule has 13 heavy (non-hydrogen) atoms. The molecular formula is C6H5BFNO4. The van der Waals surface area contributed by atoms with Crippen molar-refractivity contribution in [1.82, 2.24) is 0 Å². The molecule has 0 unspecified atom stereocenters. The molecule has 0 aliphatic heterocycles. The minimum atomic E-state index is -1.78. The molecule has 0 spiro atoms. The van der Waals surface area contributed by atoms with Gasteiger partial charge in [0, 0.05) is 12.1 Å². The molecule has 1 aromatic rings. The largest absolute Gasteiger partial charge is 0.530 e. The minimum Gasteiger partial charge on any atom is -0.421 e. The highest BCUT2D eigenvalue weighted by Crippen LogP contribution is 2.07. The average Bonchev–Trinajstić information content (AvgIpc) is 2.17. The number of hydrogen-bond donors (Lipinski definition) is 1. The lowest BCUT2D eigenvalue weighted by Gasteiger charge is -1.99. The highest BCUT2D eigenvalue weighted by Gasteiger charge is 2.19. The monoisotopic (exact) mass is 185 g/mol. The maximum Gasteiger partial charge on any atom is 0.530 e. The molecule has 0 aromatic heterocycles. The summed E-state index contributed by atoms with van der Waals surface area (Å²) in [6, 6.07) is 4.91. The van der Waals surface area contributed by atoms with Crippen LogP contribution in [0.15, 0.2) is 24.3 Å². The Bertz CT molecular complexity index is 321. The first-order valence-corrected chi connectivity index (χ1v) is 3.35. The molecule has 0 amide bonds. The number of non-ortho nitro benzene ring substituents is 1. The Kier molecular flexibility index (Phi) is 2.94. The van der Waals surface area contributed by atoms with Crippen molar-refractivity contribution < 1.29 is 19.3 Å². The predicted molar refractivity (Wildman–Crippen MR) is 42.9 cm³/mol. The third kappa shape index (κ3) is 2.23. The van der Waals surface area contributed by atoms with Crippen LogP contribution in [0.3, 0.4) is 0 Å². The Morgan fingerprint density at radius 2 is 2.31 bits per heavy atom. The second-order valence-corrected chi connectivity index (χ2v) is 2.29. The molecule has 0 radical (unpaired) electrons. The molecule has 0 heterocycles. The first-order chi connectivity index (χ1) is 6.15. The quantitative estimate of drug-likeness (QED) is 0.414. The van der Waals surface area contributed by atoms with Crippen LogP contribution in [0, 0.1) is 10.1 Å². The van der Waals surface area contributed by atoms with Crippen LogP contribution in [0.2, 0.25) is 0 Å². The van der Waals surface area contributed by atoms with Crippen molar-refractivity contribution >= 4 is 18.3 Å². The van der Waals surface area contributed by atoms with E-state index in [1.807, 2.05) is 0 Å². The number of nitrogens with zero attached hydrogens (tertiary/aromatic N) is 1. The van der Waals surface area contributed by atoms with Crippen LogP contribution in [0.4, 0.5) is 10.2 Å². The molecule has 0 atom stereocenters. The molecule has 0 aliphatic rings. The van der Waals surface area contributed by atoms with Crippen LogP contribution in [-0.2, 0) is 4.86 Å². The maximum atomic E-state index is 11.5. The maximum absolute atomic E-state index is 11.5. The highest BCUT2D eigenvalue weighted by atomic mass is 19.3. The van der Waals surface area contributed by atoms with Crippen LogP contribution in [0.25, 0.3) is 0 Å². The Balaban J connectivity index is 2.98. The van der Waals surface area contributed by atoms with Crippen LogP contribution < -0.4 is 5.46 Å². The number of hydrogen-bond acceptors (Lipinski definition) is 4. The molecule has 5 nitrogen and oxygen atoms in total. The van der Waals surface area contributed by atoms with Gasteiger partial charge in [-0.1, -0.05) is 16.7 Å². The van der Waals surface area contributed by atoms with Gasteiger partial charge in [-0.25, -0.2) is 4.86 Å². The SMILES string of the molecule is O=[N+]([O-])c1cccc(B(O)OF)c1. The Labute approximate surface area is 73.0 Å². The molecule has 0 fully saturated rings. The normalized spacial score (nSPS) is 9.69. The summed E-state index contributed by atoms with van der Waals surface area (Å²) in [7, 11) is -1.78. The summed E-state index contributed by atoms with van der Waals surface area (Å²) >= 11 is 0. The molecule has 1 aromatic carbocycles. The van der Waals surface area contributed by atoms with Gasteiger partial charge in [-0.2, -0.15) is 0 Å². The van der Waals surface area contributed by atoms with Gasteiger partial charge in [0.2, 0.25) is 0 Å². The first kappa shape index (κ1) is 9.62. The van der Waals surface area contributed by atoms with Crippen LogP contribution >= 0.6 is 0 Å². The molecule has 0 bridgehead atoms. The fourth-order valence-electron chi connectivity index (χ4n) is 0.843. The van der Waals surface area contributed by atoms with Crippen molar-refractivity contribution in [3.8, 4) is 0 Å². The fourth-order valence-corrected chi connectivity index (χ4v) is 0.843. The van der Waals surface area contributed by atoms with Crippen molar-refractivity contribution in [1.29, 1.82) is 0 Å². The van der Waals surface area contributed by atoms with Crippen LogP contribution in [0.5, 0.6) is 0 Å². The van der Waals surface area contributed by atoms with E-state index in [1.54, 1.807) is 0 Å². The van der Waals surface area contributed by atoms with E-state index in [0.717, 1.165) is 6.07 Å². The molecule has 7 heteroatoms. The van der Waals surface area contributed by atoms with Crippen molar-refractivity contribution in [3.63, 3.8) is 0 Å². The zero-order chi connectivity index (χ0) is 9.84. The summed E-state index contributed by atoms with van der Waals surface area (Å²) in [6.07, 6.45) is 0. The Hall–Kier alpha value is -1.47. The second kappa shape index (κ2) is 3.97. The van der Waals surface area contributed by atoms with Gasteiger partial charge in [0.1, 0.15) is 0 Å². The van der Waals surface area contributed by atoms with Gasteiger partial charge in [-0.3, -0.25) is 10.1 Å². The van der Waals surface area contributed by atoms with E-state index in [-0.39, 0.29) is 11.2 Å². The van der Waals surface area contributed by atoms with Gasteiger partial charge in [0.25, 0.3) is 5.69 Å². The molecule has 0 saturated carbocycles. The topological polar surface area (TPSA) is 72.6 Å². The third-order valence-electron chi connectivity index (χ3n) is 1.45. The summed E-state index contributed by atoms with van der Waals surface area (Å²) < 4.78 is 11.5. The van der Waals surface area contributed by atoms with E-state index in [4.69, 9.17) is 5.02 Å². The van der Waals surface area contributed by atoms with Gasteiger partial charge >= 0.3 is 7.12 Å². The van der Waals surface area contributed by atoms with E-state index in [1.165, 1.54) is 18.2 Å². The van der Waals surface area contributed by atoms with Crippen molar-refractivity contribution in [2.45, 2.75) is 0 Å². The van der Waals surface area contributed by atoms with E-state index in [2.05, 4.69) is 4.86 Å². The summed E-state index contributed by atoms with van der Waals surface area (Å²) in [6.45, 7) is 0. The number of nitro groups is 1. The van der Waals surface area contributed by atoms with Gasteiger partial charge in [0.15, 0.2) is 0 Å². The summed E-state index contributed by atoms with van der Waals surface area (Å²) in [5.41, 5.74) is -0.231. The standard InChI is InChI=1S/C6H5BFNO4/c8-13-7(10)5-2-1-3-6(4-5)9(11)12/h1-4,10H. The molecular weight excluding hydrogens is 180 g/mol. The van der Waals surface area contributed by atoms with E-state index < -0.39 is 12.0 Å². The second-order valence-electron chi connectivity index (χ2n) is 2.29. The van der Waals surface area contributed by atoms with Gasteiger partial charge in [0.05, 0.1) is 4.92 Å². The molecule has 0 saturated heterocycles. The number of halogens is 1. The summed E-state index contributed by atoms with van der Waals surface area (Å²) in [5.74, 6) is 0. The number of nitro benzene ring substituents is 1. The minimum absolute atomic E-state index is 0.00306. The third-order valence-corrected chi connectivity index (χ3v) is 1.45. The first-order valence-electron chi connectivity index (χ1n) is 3.35. The average molecular weight is 185 g/mol. The molecule has 68 valence electrons. The van der Waals surface area contributed by atoms with Crippen molar-refractivity contribution in [2.75, 3.05) is 0 Å². The lowest BCUT2D eigenvalue weighted by Crippen LogP contribution is -2.31.